The highest BCUT2D eigenvalue weighted by Crippen LogP contribution is 2.19. The van der Waals surface area contributed by atoms with Crippen LogP contribution >= 0.6 is 11.6 Å². The summed E-state index contributed by atoms with van der Waals surface area (Å²) in [5.74, 6) is -0.151. The van der Waals surface area contributed by atoms with E-state index in [9.17, 15) is 4.79 Å². The lowest BCUT2D eigenvalue weighted by Gasteiger charge is -2.23. The van der Waals surface area contributed by atoms with Gasteiger partial charge in [0.1, 0.15) is 5.88 Å². The van der Waals surface area contributed by atoms with Gasteiger partial charge in [0.25, 0.3) is 0 Å². The molecule has 4 nitrogen and oxygen atoms in total. The number of alkyl halides is 1. The van der Waals surface area contributed by atoms with E-state index < -0.39 is 0 Å². The summed E-state index contributed by atoms with van der Waals surface area (Å²) < 4.78 is 10.6. The maximum absolute atomic E-state index is 11.9. The third kappa shape index (κ3) is 5.49. The first kappa shape index (κ1) is 17.0. The van der Waals surface area contributed by atoms with Gasteiger partial charge in [-0.2, -0.15) is 0 Å². The molecule has 0 aliphatic heterocycles. The molecule has 0 spiro atoms. The maximum atomic E-state index is 11.9. The molecule has 1 rings (SSSR count). The molecule has 0 aromatic heterocycles. The van der Waals surface area contributed by atoms with Crippen molar-refractivity contribution in [1.82, 2.24) is 0 Å². The lowest BCUT2D eigenvalue weighted by molar-refractivity contribution is -0.116. The first-order chi connectivity index (χ1) is 9.70. The molecule has 0 fully saturated rings. The monoisotopic (exact) mass is 299 g/mol. The van der Waals surface area contributed by atoms with Crippen molar-refractivity contribution in [1.29, 1.82) is 0 Å². The van der Waals surface area contributed by atoms with Crippen LogP contribution < -0.4 is 4.90 Å². The van der Waals surface area contributed by atoms with Crippen molar-refractivity contribution in [3.63, 3.8) is 0 Å². The molecule has 1 aromatic carbocycles. The van der Waals surface area contributed by atoms with Crippen molar-refractivity contribution < 1.29 is 14.3 Å². The molecule has 1 amide bonds. The molecule has 0 bridgehead atoms. The normalized spacial score (nSPS) is 10.6. The number of amides is 1. The van der Waals surface area contributed by atoms with Gasteiger partial charge < -0.3 is 14.4 Å². The van der Waals surface area contributed by atoms with E-state index in [1.807, 2.05) is 38.1 Å². The van der Waals surface area contributed by atoms with Gasteiger partial charge in [-0.15, -0.1) is 11.6 Å². The molecule has 20 heavy (non-hydrogen) atoms. The van der Waals surface area contributed by atoms with Gasteiger partial charge in [0.15, 0.2) is 0 Å². The summed E-state index contributed by atoms with van der Waals surface area (Å²) in [6.07, 6.45) is 0. The Kier molecular flexibility index (Phi) is 8.26. The van der Waals surface area contributed by atoms with Gasteiger partial charge >= 0.3 is 0 Å². The second-order valence-corrected chi connectivity index (χ2v) is 4.54. The molecule has 0 saturated carbocycles. The summed E-state index contributed by atoms with van der Waals surface area (Å²) in [6, 6.07) is 7.74. The largest absolute Gasteiger partial charge is 0.379 e. The van der Waals surface area contributed by atoms with E-state index in [0.717, 1.165) is 11.3 Å². The fraction of sp³-hybridized carbons (Fsp3) is 0.533. The predicted molar refractivity (Wildman–Crippen MR) is 81.6 cm³/mol. The Morgan fingerprint density at radius 2 is 1.90 bits per heavy atom. The minimum atomic E-state index is -0.116. The van der Waals surface area contributed by atoms with Crippen LogP contribution in [0.4, 0.5) is 5.69 Å². The molecule has 0 unspecified atom stereocenters. The number of rotatable bonds is 9. The molecule has 5 heteroatoms. The number of ether oxygens (including phenoxy) is 2. The van der Waals surface area contributed by atoms with E-state index in [1.54, 1.807) is 4.90 Å². The van der Waals surface area contributed by atoms with Gasteiger partial charge in [-0.1, -0.05) is 18.2 Å². The average Bonchev–Trinajstić information content (AvgIpc) is 2.47. The number of hydrogen-bond donors (Lipinski definition) is 0. The molecule has 1 aromatic rings. The number of para-hydroxylation sites is 1. The van der Waals surface area contributed by atoms with Crippen molar-refractivity contribution >= 4 is 23.2 Å². The molecule has 0 atom stereocenters. The van der Waals surface area contributed by atoms with E-state index in [2.05, 4.69) is 0 Å². The molecule has 0 aliphatic carbocycles. The quantitative estimate of drug-likeness (QED) is 0.520. The van der Waals surface area contributed by atoms with Crippen LogP contribution in [0.25, 0.3) is 0 Å². The van der Waals surface area contributed by atoms with Gasteiger partial charge in [-0.3, -0.25) is 4.79 Å². The topological polar surface area (TPSA) is 38.8 Å². The highest BCUT2D eigenvalue weighted by atomic mass is 35.5. The number of carbonyl (C=O) groups excluding carboxylic acids is 1. The van der Waals surface area contributed by atoms with Gasteiger partial charge in [0, 0.05) is 18.8 Å². The second-order valence-electron chi connectivity index (χ2n) is 4.27. The Labute approximate surface area is 125 Å². The van der Waals surface area contributed by atoms with E-state index in [0.29, 0.717) is 33.0 Å². The SMILES string of the molecule is CCOCCOCCN(C(=O)CCl)c1ccccc1C. The molecule has 0 saturated heterocycles. The van der Waals surface area contributed by atoms with Crippen LogP contribution in [0.3, 0.4) is 0 Å². The molecule has 0 heterocycles. The van der Waals surface area contributed by atoms with Gasteiger partial charge in [0.05, 0.1) is 19.8 Å². The smallest absolute Gasteiger partial charge is 0.241 e. The van der Waals surface area contributed by atoms with E-state index in [4.69, 9.17) is 21.1 Å². The third-order valence-corrected chi connectivity index (χ3v) is 3.09. The first-order valence-electron chi connectivity index (χ1n) is 6.78. The summed E-state index contributed by atoms with van der Waals surface area (Å²) >= 11 is 5.68. The Bertz CT molecular complexity index is 412. The Hall–Kier alpha value is -1.10. The van der Waals surface area contributed by atoms with Gasteiger partial charge in [0.2, 0.25) is 5.91 Å². The summed E-state index contributed by atoms with van der Waals surface area (Å²) in [5.41, 5.74) is 1.92. The van der Waals surface area contributed by atoms with Crippen molar-refractivity contribution in [2.75, 3.05) is 43.8 Å². The lowest BCUT2D eigenvalue weighted by atomic mass is 10.2. The number of halogens is 1. The lowest BCUT2D eigenvalue weighted by Crippen LogP contribution is -2.35. The number of benzene rings is 1. The molecule has 0 aliphatic rings. The second kappa shape index (κ2) is 9.75. The van der Waals surface area contributed by atoms with Crippen LogP contribution in [-0.2, 0) is 14.3 Å². The van der Waals surface area contributed by atoms with Crippen LogP contribution in [0, 0.1) is 6.92 Å². The van der Waals surface area contributed by atoms with E-state index >= 15 is 0 Å². The summed E-state index contributed by atoms with van der Waals surface area (Å²) in [6.45, 7) is 6.66. The average molecular weight is 300 g/mol. The highest BCUT2D eigenvalue weighted by molar-refractivity contribution is 6.29. The molecule has 0 radical (unpaired) electrons. The van der Waals surface area contributed by atoms with Crippen molar-refractivity contribution in [2.24, 2.45) is 0 Å². The predicted octanol–water partition coefficient (Wildman–Crippen LogP) is 2.62. The van der Waals surface area contributed by atoms with Crippen LogP contribution in [0.2, 0.25) is 0 Å². The molecule has 0 N–H and O–H groups in total. The Balaban J connectivity index is 2.54. The summed E-state index contributed by atoms with van der Waals surface area (Å²) in [4.78, 5) is 13.6. The zero-order valence-electron chi connectivity index (χ0n) is 12.1. The van der Waals surface area contributed by atoms with E-state index in [1.165, 1.54) is 0 Å². The van der Waals surface area contributed by atoms with Crippen LogP contribution in [0.15, 0.2) is 24.3 Å². The maximum Gasteiger partial charge on any atom is 0.241 e. The fourth-order valence-corrected chi connectivity index (χ4v) is 1.98. The van der Waals surface area contributed by atoms with Crippen LogP contribution in [0.5, 0.6) is 0 Å². The number of aryl methyl sites for hydroxylation is 1. The first-order valence-corrected chi connectivity index (χ1v) is 7.31. The number of hydrogen-bond acceptors (Lipinski definition) is 3. The number of carbonyl (C=O) groups is 1. The van der Waals surface area contributed by atoms with E-state index in [-0.39, 0.29) is 11.8 Å². The fourth-order valence-electron chi connectivity index (χ4n) is 1.84. The van der Waals surface area contributed by atoms with Crippen molar-refractivity contribution in [3.05, 3.63) is 29.8 Å². The highest BCUT2D eigenvalue weighted by Gasteiger charge is 2.15. The molecular formula is C15H22ClNO3. The zero-order chi connectivity index (χ0) is 14.8. The molecule has 112 valence electrons. The Morgan fingerprint density at radius 3 is 2.55 bits per heavy atom. The van der Waals surface area contributed by atoms with Gasteiger partial charge in [-0.05, 0) is 25.5 Å². The molecular weight excluding hydrogens is 278 g/mol. The minimum absolute atomic E-state index is 0.0344. The summed E-state index contributed by atoms with van der Waals surface area (Å²) in [7, 11) is 0. The standard InChI is InChI=1S/C15H22ClNO3/c1-3-19-10-11-20-9-8-17(15(18)12-16)14-7-5-4-6-13(14)2/h4-7H,3,8-12H2,1-2H3. The minimum Gasteiger partial charge on any atom is -0.379 e. The number of anilines is 1. The number of nitrogens with zero attached hydrogens (tertiary/aromatic N) is 1. The van der Waals surface area contributed by atoms with Crippen LogP contribution in [0.1, 0.15) is 12.5 Å². The zero-order valence-corrected chi connectivity index (χ0v) is 12.9. The van der Waals surface area contributed by atoms with Crippen molar-refractivity contribution in [2.45, 2.75) is 13.8 Å². The van der Waals surface area contributed by atoms with Crippen molar-refractivity contribution in [3.8, 4) is 0 Å². The third-order valence-electron chi connectivity index (χ3n) is 2.86. The Morgan fingerprint density at radius 1 is 1.20 bits per heavy atom. The van der Waals surface area contributed by atoms with Gasteiger partial charge in [-0.25, -0.2) is 0 Å². The van der Waals surface area contributed by atoms with Crippen LogP contribution in [-0.4, -0.2) is 44.8 Å². The summed E-state index contributed by atoms with van der Waals surface area (Å²) in [5, 5.41) is 0.